The number of rotatable bonds is 10. The van der Waals surface area contributed by atoms with Gasteiger partial charge in [0.1, 0.15) is 11.5 Å². The van der Waals surface area contributed by atoms with E-state index >= 15 is 0 Å². The first kappa shape index (κ1) is 18.4. The molecule has 24 heavy (non-hydrogen) atoms. The minimum atomic E-state index is 0.628. The van der Waals surface area contributed by atoms with Gasteiger partial charge in [-0.05, 0) is 60.9 Å². The number of aryl methyl sites for hydroxylation is 1. The summed E-state index contributed by atoms with van der Waals surface area (Å²) in [4.78, 5) is 0. The van der Waals surface area contributed by atoms with Gasteiger partial charge in [0.15, 0.2) is 0 Å². The largest absolute Gasteiger partial charge is 0.497 e. The fourth-order valence-electron chi connectivity index (χ4n) is 3.34. The molecule has 2 aromatic rings. The zero-order valence-electron chi connectivity index (χ0n) is 15.3. The van der Waals surface area contributed by atoms with Crippen molar-refractivity contribution in [3.8, 4) is 11.5 Å². The standard InChI is InChI=1S/C22H30O2/c1-4-10-18(20-14-9-15-21(17-20)23-2)11-5-6-12-19-13-7-8-16-22(19)24-3/h7-9,13-18H,4-6,10-12H2,1-3H3. The Bertz CT molecular complexity index is 606. The zero-order chi connectivity index (χ0) is 17.2. The number of hydrogen-bond donors (Lipinski definition) is 0. The van der Waals surface area contributed by atoms with E-state index in [0.29, 0.717) is 5.92 Å². The lowest BCUT2D eigenvalue weighted by Gasteiger charge is -2.17. The Morgan fingerprint density at radius 1 is 0.875 bits per heavy atom. The van der Waals surface area contributed by atoms with Crippen molar-refractivity contribution < 1.29 is 9.47 Å². The van der Waals surface area contributed by atoms with Crippen LogP contribution in [0.5, 0.6) is 11.5 Å². The molecule has 0 bridgehead atoms. The normalized spacial score (nSPS) is 12.0. The molecule has 2 heteroatoms. The molecule has 0 radical (unpaired) electrons. The van der Waals surface area contributed by atoms with Gasteiger partial charge < -0.3 is 9.47 Å². The van der Waals surface area contributed by atoms with Gasteiger partial charge in [0, 0.05) is 0 Å². The topological polar surface area (TPSA) is 18.5 Å². The highest BCUT2D eigenvalue weighted by molar-refractivity contribution is 5.33. The van der Waals surface area contributed by atoms with Crippen molar-refractivity contribution in [3.05, 3.63) is 59.7 Å². The Morgan fingerprint density at radius 2 is 1.71 bits per heavy atom. The minimum Gasteiger partial charge on any atom is -0.497 e. The Labute approximate surface area is 146 Å². The molecule has 1 unspecified atom stereocenters. The molecule has 0 aliphatic carbocycles. The number of methoxy groups -OCH3 is 2. The van der Waals surface area contributed by atoms with Gasteiger partial charge in [0.05, 0.1) is 14.2 Å². The summed E-state index contributed by atoms with van der Waals surface area (Å²) in [5, 5.41) is 0. The van der Waals surface area contributed by atoms with E-state index in [-0.39, 0.29) is 0 Å². The molecule has 0 heterocycles. The van der Waals surface area contributed by atoms with Crippen LogP contribution in [0.15, 0.2) is 48.5 Å². The first-order valence-corrected chi connectivity index (χ1v) is 9.04. The van der Waals surface area contributed by atoms with Gasteiger partial charge in [0.25, 0.3) is 0 Å². The Morgan fingerprint density at radius 3 is 2.46 bits per heavy atom. The molecule has 0 spiro atoms. The molecule has 0 saturated heterocycles. The van der Waals surface area contributed by atoms with E-state index in [1.807, 2.05) is 18.2 Å². The van der Waals surface area contributed by atoms with Gasteiger partial charge in [-0.1, -0.05) is 50.1 Å². The first-order chi connectivity index (χ1) is 11.8. The highest BCUT2D eigenvalue weighted by Gasteiger charge is 2.11. The summed E-state index contributed by atoms with van der Waals surface area (Å²) in [6.07, 6.45) is 7.21. The van der Waals surface area contributed by atoms with Gasteiger partial charge in [-0.2, -0.15) is 0 Å². The quantitative estimate of drug-likeness (QED) is 0.498. The van der Waals surface area contributed by atoms with E-state index in [4.69, 9.17) is 9.47 Å². The predicted octanol–water partition coefficient (Wildman–Crippen LogP) is 6.00. The number of hydrogen-bond acceptors (Lipinski definition) is 2. The Kier molecular flexibility index (Phi) is 7.67. The summed E-state index contributed by atoms with van der Waals surface area (Å²) in [6, 6.07) is 16.9. The van der Waals surface area contributed by atoms with Gasteiger partial charge in [-0.15, -0.1) is 0 Å². The number of ether oxygens (including phenoxy) is 2. The van der Waals surface area contributed by atoms with Crippen LogP contribution >= 0.6 is 0 Å². The van der Waals surface area contributed by atoms with Gasteiger partial charge in [-0.3, -0.25) is 0 Å². The SMILES string of the molecule is CCCC(CCCCc1ccccc1OC)c1cccc(OC)c1. The molecule has 2 nitrogen and oxygen atoms in total. The van der Waals surface area contributed by atoms with E-state index < -0.39 is 0 Å². The lowest BCUT2D eigenvalue weighted by Crippen LogP contribution is -2.00. The number of benzene rings is 2. The monoisotopic (exact) mass is 326 g/mol. The highest BCUT2D eigenvalue weighted by Crippen LogP contribution is 2.30. The van der Waals surface area contributed by atoms with Crippen LogP contribution < -0.4 is 9.47 Å². The molecule has 2 rings (SSSR count). The summed E-state index contributed by atoms with van der Waals surface area (Å²) in [6.45, 7) is 2.27. The van der Waals surface area contributed by atoms with Gasteiger partial charge >= 0.3 is 0 Å². The van der Waals surface area contributed by atoms with Crippen LogP contribution in [0.3, 0.4) is 0 Å². The predicted molar refractivity (Wildman–Crippen MR) is 101 cm³/mol. The number of para-hydroxylation sites is 1. The molecule has 2 aromatic carbocycles. The van der Waals surface area contributed by atoms with Gasteiger partial charge in [0.2, 0.25) is 0 Å². The van der Waals surface area contributed by atoms with Crippen molar-refractivity contribution in [3.63, 3.8) is 0 Å². The molecule has 0 aliphatic rings. The first-order valence-electron chi connectivity index (χ1n) is 9.04. The summed E-state index contributed by atoms with van der Waals surface area (Å²) in [7, 11) is 3.49. The summed E-state index contributed by atoms with van der Waals surface area (Å²) < 4.78 is 10.8. The number of unbranched alkanes of at least 4 members (excludes halogenated alkanes) is 1. The van der Waals surface area contributed by atoms with Crippen LogP contribution in [0.4, 0.5) is 0 Å². The average molecular weight is 326 g/mol. The van der Waals surface area contributed by atoms with E-state index in [0.717, 1.165) is 17.9 Å². The molecule has 0 amide bonds. The fourth-order valence-corrected chi connectivity index (χ4v) is 3.34. The van der Waals surface area contributed by atoms with Crippen molar-refractivity contribution in [2.24, 2.45) is 0 Å². The highest BCUT2D eigenvalue weighted by atomic mass is 16.5. The average Bonchev–Trinajstić information content (AvgIpc) is 2.64. The second-order valence-corrected chi connectivity index (χ2v) is 6.32. The molecule has 0 aliphatic heterocycles. The van der Waals surface area contributed by atoms with Crippen molar-refractivity contribution in [2.45, 2.75) is 51.4 Å². The van der Waals surface area contributed by atoms with Crippen molar-refractivity contribution in [1.82, 2.24) is 0 Å². The third kappa shape index (κ3) is 5.30. The van der Waals surface area contributed by atoms with Crippen LogP contribution in [0.25, 0.3) is 0 Å². The second kappa shape index (κ2) is 10.0. The van der Waals surface area contributed by atoms with E-state index in [1.54, 1.807) is 14.2 Å². The molecule has 130 valence electrons. The molecule has 0 fully saturated rings. The summed E-state index contributed by atoms with van der Waals surface area (Å²) in [5.41, 5.74) is 2.72. The molecular weight excluding hydrogens is 296 g/mol. The van der Waals surface area contributed by atoms with Crippen LogP contribution in [0.2, 0.25) is 0 Å². The van der Waals surface area contributed by atoms with Gasteiger partial charge in [-0.25, -0.2) is 0 Å². The summed E-state index contributed by atoms with van der Waals surface area (Å²) in [5.74, 6) is 2.60. The molecule has 1 atom stereocenters. The lowest BCUT2D eigenvalue weighted by molar-refractivity contribution is 0.408. The maximum absolute atomic E-state index is 5.44. The molecule has 0 saturated carbocycles. The maximum atomic E-state index is 5.44. The molecule has 0 N–H and O–H groups in total. The lowest BCUT2D eigenvalue weighted by atomic mass is 9.89. The minimum absolute atomic E-state index is 0.628. The Balaban J connectivity index is 1.89. The third-order valence-electron chi connectivity index (χ3n) is 4.64. The Hall–Kier alpha value is -1.96. The van der Waals surface area contributed by atoms with E-state index in [9.17, 15) is 0 Å². The van der Waals surface area contributed by atoms with Crippen molar-refractivity contribution in [1.29, 1.82) is 0 Å². The fraction of sp³-hybridized carbons (Fsp3) is 0.455. The maximum Gasteiger partial charge on any atom is 0.122 e. The van der Waals surface area contributed by atoms with Crippen molar-refractivity contribution >= 4 is 0 Å². The third-order valence-corrected chi connectivity index (χ3v) is 4.64. The van der Waals surface area contributed by atoms with Crippen molar-refractivity contribution in [2.75, 3.05) is 14.2 Å². The van der Waals surface area contributed by atoms with Crippen LogP contribution in [0, 0.1) is 0 Å². The second-order valence-electron chi connectivity index (χ2n) is 6.32. The zero-order valence-corrected chi connectivity index (χ0v) is 15.3. The molecule has 0 aromatic heterocycles. The van der Waals surface area contributed by atoms with Crippen LogP contribution in [0.1, 0.15) is 56.1 Å². The van der Waals surface area contributed by atoms with Crippen LogP contribution in [-0.2, 0) is 6.42 Å². The van der Waals surface area contributed by atoms with E-state index in [2.05, 4.69) is 37.3 Å². The van der Waals surface area contributed by atoms with E-state index in [1.165, 1.54) is 43.2 Å². The summed E-state index contributed by atoms with van der Waals surface area (Å²) >= 11 is 0. The van der Waals surface area contributed by atoms with Crippen LogP contribution in [-0.4, -0.2) is 14.2 Å². The molecular formula is C22H30O2. The smallest absolute Gasteiger partial charge is 0.122 e.